The zero-order valence-corrected chi connectivity index (χ0v) is 18.7. The zero-order valence-electron chi connectivity index (χ0n) is 17.7. The Labute approximate surface area is 168 Å². The number of nitrogens with two attached hydrogens (primary N) is 2. The highest BCUT2D eigenvalue weighted by molar-refractivity contribution is 6.74. The number of anilines is 2. The lowest BCUT2D eigenvalue weighted by molar-refractivity contribution is 0.00350. The predicted molar refractivity (Wildman–Crippen MR) is 114 cm³/mol. The molecule has 1 aromatic rings. The lowest BCUT2D eigenvalue weighted by Crippen LogP contribution is -2.55. The van der Waals surface area contributed by atoms with Crippen LogP contribution in [-0.2, 0) is 22.0 Å². The molecule has 4 N–H and O–H groups in total. The second-order valence-electron chi connectivity index (χ2n) is 9.47. The molecular weight excluding hydrogens is 372 g/mol. The van der Waals surface area contributed by atoms with Crippen LogP contribution in [0.25, 0.3) is 0 Å². The molecule has 156 valence electrons. The number of carbonyl (C=O) groups is 1. The van der Waals surface area contributed by atoms with Gasteiger partial charge in [0.15, 0.2) is 8.32 Å². The topological polar surface area (TPSA) is 104 Å². The summed E-state index contributed by atoms with van der Waals surface area (Å²) in [4.78, 5) is 18.3. The molecular formula is C20H34N4O3Si. The maximum atomic E-state index is 11.6. The monoisotopic (exact) mass is 406 g/mol. The molecule has 2 heterocycles. The van der Waals surface area contributed by atoms with Gasteiger partial charge in [-0.05, 0) is 49.4 Å². The zero-order chi connectivity index (χ0) is 20.7. The Morgan fingerprint density at radius 2 is 2.00 bits per heavy atom. The summed E-state index contributed by atoms with van der Waals surface area (Å²) in [6, 6.07) is 0. The molecule has 1 aliphatic heterocycles. The summed E-state index contributed by atoms with van der Waals surface area (Å²) in [5.74, 6) is 0. The van der Waals surface area contributed by atoms with Crippen molar-refractivity contribution in [2.24, 2.45) is 5.73 Å². The van der Waals surface area contributed by atoms with Crippen LogP contribution >= 0.6 is 0 Å². The Morgan fingerprint density at radius 1 is 1.29 bits per heavy atom. The van der Waals surface area contributed by atoms with Gasteiger partial charge in [0, 0.05) is 12.2 Å². The number of aromatic nitrogens is 1. The number of hydrogen-bond donors (Lipinski definition) is 2. The van der Waals surface area contributed by atoms with Gasteiger partial charge in [-0.3, -0.25) is 4.98 Å². The fourth-order valence-electron chi connectivity index (χ4n) is 3.93. The van der Waals surface area contributed by atoms with Crippen LogP contribution in [0.4, 0.5) is 16.2 Å². The Kier molecular flexibility index (Phi) is 5.64. The fraction of sp³-hybridized carbons (Fsp3) is 0.700. The van der Waals surface area contributed by atoms with Crippen LogP contribution in [0, 0.1) is 0 Å². The maximum absolute atomic E-state index is 11.6. The summed E-state index contributed by atoms with van der Waals surface area (Å²) in [7, 11) is -2.00. The quantitative estimate of drug-likeness (QED) is 0.744. The number of nitrogen functional groups attached to an aromatic ring is 1. The minimum absolute atomic E-state index is 0.0811. The molecule has 1 saturated heterocycles. The van der Waals surface area contributed by atoms with Crippen LogP contribution in [0.1, 0.15) is 44.9 Å². The molecule has 1 aliphatic carbocycles. The van der Waals surface area contributed by atoms with Gasteiger partial charge < -0.3 is 25.5 Å². The van der Waals surface area contributed by atoms with Gasteiger partial charge in [-0.15, -0.1) is 0 Å². The normalized spacial score (nSPS) is 22.8. The van der Waals surface area contributed by atoms with Gasteiger partial charge in [-0.1, -0.05) is 20.8 Å². The number of pyridine rings is 1. The first-order valence-electron chi connectivity index (χ1n) is 10.1. The molecule has 28 heavy (non-hydrogen) atoms. The molecule has 1 aromatic heterocycles. The van der Waals surface area contributed by atoms with Gasteiger partial charge in [-0.2, -0.15) is 0 Å². The number of carbonyl (C=O) groups excluding carboxylic acids is 1. The van der Waals surface area contributed by atoms with Crippen molar-refractivity contribution in [3.8, 4) is 0 Å². The van der Waals surface area contributed by atoms with Crippen molar-refractivity contribution in [2.45, 2.75) is 76.8 Å². The number of hydrogen-bond acceptors (Lipinski definition) is 6. The van der Waals surface area contributed by atoms with Crippen LogP contribution in [0.5, 0.6) is 0 Å². The lowest BCUT2D eigenvalue weighted by atomic mass is 10.0. The molecule has 0 radical (unpaired) electrons. The smallest absolute Gasteiger partial charge is 0.404 e. The van der Waals surface area contributed by atoms with E-state index in [2.05, 4.69) is 43.7 Å². The first kappa shape index (κ1) is 20.9. The van der Waals surface area contributed by atoms with Crippen LogP contribution < -0.4 is 16.4 Å². The van der Waals surface area contributed by atoms with E-state index < -0.39 is 20.5 Å². The standard InChI is InChI=1S/C20H34N4O3Si/c1-20(2,3)28(4,5)27-16-9-10-24(12-17(16)26-19(22)25)18-13-7-6-8-15(13)23-11-14(18)21/h11,16-17H,6-10,12,21H2,1-5H3,(H2,22,25). The van der Waals surface area contributed by atoms with Gasteiger partial charge in [0.25, 0.3) is 0 Å². The fourth-order valence-corrected chi connectivity index (χ4v) is 5.31. The van der Waals surface area contributed by atoms with Crippen molar-refractivity contribution in [2.75, 3.05) is 23.7 Å². The van der Waals surface area contributed by atoms with E-state index >= 15 is 0 Å². The molecule has 8 heteroatoms. The summed E-state index contributed by atoms with van der Waals surface area (Å²) < 4.78 is 12.1. The number of aryl methyl sites for hydroxylation is 1. The molecule has 0 spiro atoms. The third-order valence-electron chi connectivity index (χ3n) is 6.44. The summed E-state index contributed by atoms with van der Waals surface area (Å²) in [5.41, 5.74) is 15.8. The first-order chi connectivity index (χ1) is 13.0. The van der Waals surface area contributed by atoms with Gasteiger partial charge in [-0.25, -0.2) is 4.79 Å². The number of nitrogens with zero attached hydrogens (tertiary/aromatic N) is 2. The van der Waals surface area contributed by atoms with E-state index in [0.717, 1.165) is 43.6 Å². The lowest BCUT2D eigenvalue weighted by Gasteiger charge is -2.45. The van der Waals surface area contributed by atoms with Crippen molar-refractivity contribution in [1.29, 1.82) is 0 Å². The highest BCUT2D eigenvalue weighted by Gasteiger charge is 2.43. The van der Waals surface area contributed by atoms with E-state index in [9.17, 15) is 4.79 Å². The molecule has 2 unspecified atom stereocenters. The molecule has 2 aliphatic rings. The Morgan fingerprint density at radius 3 is 2.64 bits per heavy atom. The molecule has 2 atom stereocenters. The third kappa shape index (κ3) is 4.12. The van der Waals surface area contributed by atoms with Crippen LogP contribution in [0.2, 0.25) is 18.1 Å². The van der Waals surface area contributed by atoms with Crippen LogP contribution in [0.15, 0.2) is 6.20 Å². The average Bonchev–Trinajstić information content (AvgIpc) is 3.03. The number of piperidine rings is 1. The van der Waals surface area contributed by atoms with E-state index in [1.165, 1.54) is 5.56 Å². The van der Waals surface area contributed by atoms with E-state index in [4.69, 9.17) is 20.6 Å². The van der Waals surface area contributed by atoms with E-state index in [-0.39, 0.29) is 11.1 Å². The van der Waals surface area contributed by atoms with Crippen molar-refractivity contribution < 1.29 is 14.0 Å². The number of primary amides is 1. The molecule has 1 amide bonds. The molecule has 0 aromatic carbocycles. The van der Waals surface area contributed by atoms with E-state index in [1.54, 1.807) is 6.20 Å². The molecule has 0 saturated carbocycles. The van der Waals surface area contributed by atoms with Crippen molar-refractivity contribution in [3.05, 3.63) is 17.5 Å². The Hall–Kier alpha value is -1.80. The van der Waals surface area contributed by atoms with Crippen molar-refractivity contribution >= 4 is 25.8 Å². The highest BCUT2D eigenvalue weighted by Crippen LogP contribution is 2.40. The van der Waals surface area contributed by atoms with Crippen LogP contribution in [0.3, 0.4) is 0 Å². The average molecular weight is 407 g/mol. The summed E-state index contributed by atoms with van der Waals surface area (Å²) in [5, 5.41) is 0.0811. The van der Waals surface area contributed by atoms with Gasteiger partial charge in [0.2, 0.25) is 0 Å². The van der Waals surface area contributed by atoms with E-state index in [1.807, 2.05) is 0 Å². The van der Waals surface area contributed by atoms with E-state index in [0.29, 0.717) is 12.2 Å². The van der Waals surface area contributed by atoms with Crippen molar-refractivity contribution in [1.82, 2.24) is 4.98 Å². The second kappa shape index (κ2) is 7.55. The first-order valence-corrected chi connectivity index (χ1v) is 13.1. The highest BCUT2D eigenvalue weighted by atomic mass is 28.4. The Balaban J connectivity index is 1.84. The largest absolute Gasteiger partial charge is 0.442 e. The van der Waals surface area contributed by atoms with Gasteiger partial charge in [0.1, 0.15) is 6.10 Å². The summed E-state index contributed by atoms with van der Waals surface area (Å²) in [6.07, 6.45) is 4.28. The summed E-state index contributed by atoms with van der Waals surface area (Å²) >= 11 is 0. The molecule has 7 nitrogen and oxygen atoms in total. The molecule has 0 bridgehead atoms. The number of amides is 1. The Bertz CT molecular complexity index is 748. The van der Waals surface area contributed by atoms with Gasteiger partial charge in [0.05, 0.1) is 30.2 Å². The SMILES string of the molecule is CC(C)(C)[Si](C)(C)OC1CCN(c2c(N)cnc3c2CCC3)CC1OC(N)=O. The number of fused-ring (bicyclic) bond motifs is 1. The summed E-state index contributed by atoms with van der Waals surface area (Å²) in [6.45, 7) is 12.4. The van der Waals surface area contributed by atoms with Gasteiger partial charge >= 0.3 is 6.09 Å². The van der Waals surface area contributed by atoms with Crippen LogP contribution in [-0.4, -0.2) is 44.7 Å². The van der Waals surface area contributed by atoms with Crippen molar-refractivity contribution in [3.63, 3.8) is 0 Å². The minimum atomic E-state index is -2.00. The third-order valence-corrected chi connectivity index (χ3v) is 10.9. The maximum Gasteiger partial charge on any atom is 0.404 e. The number of ether oxygens (including phenoxy) is 1. The predicted octanol–water partition coefficient (Wildman–Crippen LogP) is 3.22. The minimum Gasteiger partial charge on any atom is -0.442 e. The second-order valence-corrected chi connectivity index (χ2v) is 14.2. The number of rotatable bonds is 4. The molecule has 3 rings (SSSR count). The molecule has 1 fully saturated rings.